The van der Waals surface area contributed by atoms with Gasteiger partial charge in [0.1, 0.15) is 11.3 Å². The number of halogens is 1. The predicted octanol–water partition coefficient (Wildman–Crippen LogP) is 3.37. The Morgan fingerprint density at radius 2 is 2.12 bits per heavy atom. The summed E-state index contributed by atoms with van der Waals surface area (Å²) in [7, 11) is 1.96. The molecule has 0 atom stereocenters. The van der Waals surface area contributed by atoms with Crippen molar-refractivity contribution < 1.29 is 4.79 Å². The number of hydrogen-bond acceptors (Lipinski definition) is 3. The third-order valence-corrected chi connectivity index (χ3v) is 4.69. The number of hydrogen-bond donors (Lipinski definition) is 1. The SMILES string of the molecule is CCc1nc2cc(Cl)ccn2c1C(=O)NCc1ccc2c(c1)ncn2C. The third kappa shape index (κ3) is 2.82. The number of nitrogens with one attached hydrogen (secondary N) is 1. The summed E-state index contributed by atoms with van der Waals surface area (Å²) in [5.74, 6) is -0.155. The average molecular weight is 368 g/mol. The number of rotatable bonds is 4. The zero-order chi connectivity index (χ0) is 18.3. The Morgan fingerprint density at radius 1 is 1.27 bits per heavy atom. The monoisotopic (exact) mass is 367 g/mol. The van der Waals surface area contributed by atoms with Crippen LogP contribution in [0.15, 0.2) is 42.9 Å². The van der Waals surface area contributed by atoms with Gasteiger partial charge in [0.25, 0.3) is 5.91 Å². The fourth-order valence-electron chi connectivity index (χ4n) is 3.11. The first kappa shape index (κ1) is 16.6. The van der Waals surface area contributed by atoms with Crippen LogP contribution in [0.1, 0.15) is 28.7 Å². The van der Waals surface area contributed by atoms with Crippen LogP contribution in [0.25, 0.3) is 16.7 Å². The van der Waals surface area contributed by atoms with E-state index in [9.17, 15) is 4.79 Å². The van der Waals surface area contributed by atoms with Crippen LogP contribution in [0.5, 0.6) is 0 Å². The van der Waals surface area contributed by atoms with E-state index in [2.05, 4.69) is 15.3 Å². The quantitative estimate of drug-likeness (QED) is 0.601. The minimum atomic E-state index is -0.155. The molecule has 0 aliphatic heterocycles. The van der Waals surface area contributed by atoms with Crippen LogP contribution in [-0.2, 0) is 20.0 Å². The van der Waals surface area contributed by atoms with Gasteiger partial charge in [-0.1, -0.05) is 24.6 Å². The third-order valence-electron chi connectivity index (χ3n) is 4.45. The maximum atomic E-state index is 12.8. The molecule has 0 aliphatic rings. The topological polar surface area (TPSA) is 64.2 Å². The first-order chi connectivity index (χ1) is 12.6. The molecule has 6 nitrogen and oxygen atoms in total. The normalized spacial score (nSPS) is 11.3. The van der Waals surface area contributed by atoms with Crippen molar-refractivity contribution in [2.45, 2.75) is 19.9 Å². The van der Waals surface area contributed by atoms with Crippen LogP contribution in [0.4, 0.5) is 0 Å². The lowest BCUT2D eigenvalue weighted by Crippen LogP contribution is -2.25. The highest BCUT2D eigenvalue weighted by Crippen LogP contribution is 2.18. The van der Waals surface area contributed by atoms with Crippen molar-refractivity contribution in [3.05, 3.63) is 64.8 Å². The van der Waals surface area contributed by atoms with Crippen LogP contribution in [-0.4, -0.2) is 24.8 Å². The van der Waals surface area contributed by atoms with Gasteiger partial charge in [0, 0.05) is 30.9 Å². The van der Waals surface area contributed by atoms with Crippen molar-refractivity contribution in [2.75, 3.05) is 0 Å². The number of benzene rings is 1. The van der Waals surface area contributed by atoms with Crippen LogP contribution >= 0.6 is 11.6 Å². The van der Waals surface area contributed by atoms with E-state index < -0.39 is 0 Å². The van der Waals surface area contributed by atoms with Gasteiger partial charge < -0.3 is 9.88 Å². The van der Waals surface area contributed by atoms with E-state index in [1.807, 2.05) is 36.7 Å². The highest BCUT2D eigenvalue weighted by molar-refractivity contribution is 6.30. The molecular formula is C19H18ClN5O. The smallest absolute Gasteiger partial charge is 0.270 e. The van der Waals surface area contributed by atoms with Crippen molar-refractivity contribution in [1.82, 2.24) is 24.3 Å². The summed E-state index contributed by atoms with van der Waals surface area (Å²) >= 11 is 6.03. The first-order valence-electron chi connectivity index (χ1n) is 8.41. The maximum Gasteiger partial charge on any atom is 0.270 e. The average Bonchev–Trinajstić information content (AvgIpc) is 3.19. The lowest BCUT2D eigenvalue weighted by Gasteiger charge is -2.07. The molecule has 0 unspecified atom stereocenters. The molecular weight excluding hydrogens is 350 g/mol. The molecule has 0 fully saturated rings. The van der Waals surface area contributed by atoms with Crippen molar-refractivity contribution >= 4 is 34.2 Å². The first-order valence-corrected chi connectivity index (χ1v) is 8.79. The molecule has 4 rings (SSSR count). The van der Waals surface area contributed by atoms with E-state index in [0.717, 1.165) is 22.3 Å². The molecule has 132 valence electrons. The number of fused-ring (bicyclic) bond motifs is 2. The van der Waals surface area contributed by atoms with Gasteiger partial charge in [-0.05, 0) is 30.2 Å². The number of aromatic nitrogens is 4. The summed E-state index contributed by atoms with van der Waals surface area (Å²) < 4.78 is 3.75. The maximum absolute atomic E-state index is 12.8. The Hall–Kier alpha value is -2.86. The molecule has 0 aliphatic carbocycles. The molecule has 26 heavy (non-hydrogen) atoms. The molecule has 3 heterocycles. The van der Waals surface area contributed by atoms with E-state index in [0.29, 0.717) is 29.3 Å². The number of imidazole rings is 2. The molecule has 0 radical (unpaired) electrons. The number of nitrogens with zero attached hydrogens (tertiary/aromatic N) is 4. The summed E-state index contributed by atoms with van der Waals surface area (Å²) in [6.07, 6.45) is 4.23. The standard InChI is InChI=1S/C19H18ClN5O/c1-3-14-18(25-7-6-13(20)9-17(25)23-14)19(26)21-10-12-4-5-16-15(8-12)22-11-24(16)2/h4-9,11H,3,10H2,1-2H3,(H,21,26). The van der Waals surface area contributed by atoms with Gasteiger partial charge in [-0.25, -0.2) is 9.97 Å². The van der Waals surface area contributed by atoms with Crippen molar-refractivity contribution in [1.29, 1.82) is 0 Å². The van der Waals surface area contributed by atoms with E-state index >= 15 is 0 Å². The van der Waals surface area contributed by atoms with Gasteiger partial charge >= 0.3 is 0 Å². The molecule has 0 saturated carbocycles. The summed E-state index contributed by atoms with van der Waals surface area (Å²) in [5, 5.41) is 3.58. The minimum Gasteiger partial charge on any atom is -0.347 e. The Labute approximate surface area is 155 Å². The predicted molar refractivity (Wildman–Crippen MR) is 101 cm³/mol. The Bertz CT molecular complexity index is 1130. The molecule has 4 aromatic rings. The lowest BCUT2D eigenvalue weighted by atomic mass is 10.2. The number of carbonyl (C=O) groups excluding carboxylic acids is 1. The Morgan fingerprint density at radius 3 is 2.92 bits per heavy atom. The minimum absolute atomic E-state index is 0.155. The largest absolute Gasteiger partial charge is 0.347 e. The van der Waals surface area contributed by atoms with Crippen molar-refractivity contribution in [3.63, 3.8) is 0 Å². The molecule has 0 saturated heterocycles. The lowest BCUT2D eigenvalue weighted by molar-refractivity contribution is 0.0944. The molecule has 1 N–H and O–H groups in total. The fourth-order valence-corrected chi connectivity index (χ4v) is 3.27. The van der Waals surface area contributed by atoms with Gasteiger partial charge in [0.05, 0.1) is 23.1 Å². The van der Waals surface area contributed by atoms with Crippen LogP contribution in [0, 0.1) is 0 Å². The van der Waals surface area contributed by atoms with E-state index in [4.69, 9.17) is 11.6 Å². The van der Waals surface area contributed by atoms with Crippen LogP contribution in [0.3, 0.4) is 0 Å². The van der Waals surface area contributed by atoms with Crippen LogP contribution in [0.2, 0.25) is 5.02 Å². The van der Waals surface area contributed by atoms with Crippen molar-refractivity contribution in [3.8, 4) is 0 Å². The second-order valence-corrected chi connectivity index (χ2v) is 6.63. The summed E-state index contributed by atoms with van der Waals surface area (Å²) in [6.45, 7) is 2.41. The molecule has 1 amide bonds. The molecule has 1 aromatic carbocycles. The van der Waals surface area contributed by atoms with E-state index in [1.165, 1.54) is 0 Å². The van der Waals surface area contributed by atoms with E-state index in [1.54, 1.807) is 29.1 Å². The van der Waals surface area contributed by atoms with E-state index in [-0.39, 0.29) is 5.91 Å². The molecule has 0 bridgehead atoms. The number of aryl methyl sites for hydroxylation is 2. The van der Waals surface area contributed by atoms with Gasteiger partial charge in [0.15, 0.2) is 0 Å². The van der Waals surface area contributed by atoms with Gasteiger partial charge in [-0.15, -0.1) is 0 Å². The summed E-state index contributed by atoms with van der Waals surface area (Å²) in [4.78, 5) is 21.7. The Balaban J connectivity index is 1.60. The molecule has 0 spiro atoms. The second-order valence-electron chi connectivity index (χ2n) is 6.20. The Kier molecular flexibility index (Phi) is 4.12. The second kappa shape index (κ2) is 6.46. The molecule has 3 aromatic heterocycles. The number of amides is 1. The van der Waals surface area contributed by atoms with Gasteiger partial charge in [0.2, 0.25) is 0 Å². The van der Waals surface area contributed by atoms with Crippen LogP contribution < -0.4 is 5.32 Å². The zero-order valence-corrected chi connectivity index (χ0v) is 15.3. The van der Waals surface area contributed by atoms with Gasteiger partial charge in [-0.2, -0.15) is 0 Å². The zero-order valence-electron chi connectivity index (χ0n) is 14.5. The summed E-state index contributed by atoms with van der Waals surface area (Å²) in [5.41, 5.74) is 4.96. The summed E-state index contributed by atoms with van der Waals surface area (Å²) in [6, 6.07) is 9.51. The van der Waals surface area contributed by atoms with Crippen molar-refractivity contribution in [2.24, 2.45) is 7.05 Å². The number of carbonyl (C=O) groups is 1. The fraction of sp³-hybridized carbons (Fsp3) is 0.211. The number of pyridine rings is 1. The highest BCUT2D eigenvalue weighted by atomic mass is 35.5. The van der Waals surface area contributed by atoms with Gasteiger partial charge in [-0.3, -0.25) is 9.20 Å². The molecule has 7 heteroatoms. The highest BCUT2D eigenvalue weighted by Gasteiger charge is 2.18.